The molecule has 2 aromatic rings. The number of halogens is 4. The summed E-state index contributed by atoms with van der Waals surface area (Å²) in [4.78, 5) is 12.8. The summed E-state index contributed by atoms with van der Waals surface area (Å²) < 4.78 is 48.2. The topological polar surface area (TPSA) is 59.6 Å². The van der Waals surface area contributed by atoms with Gasteiger partial charge in [-0.25, -0.2) is 0 Å². The maximum absolute atomic E-state index is 12.8. The maximum atomic E-state index is 12.8. The molecule has 1 aliphatic rings. The number of amides is 1. The zero-order valence-corrected chi connectivity index (χ0v) is 19.1. The van der Waals surface area contributed by atoms with Crippen molar-refractivity contribution in [3.05, 3.63) is 59.7 Å². The number of carbonyl (C=O) groups is 1. The number of hydrogen-bond donors (Lipinski definition) is 2. The summed E-state index contributed by atoms with van der Waals surface area (Å²) in [6, 6.07) is 14.3. The minimum atomic E-state index is -4.46. The molecule has 1 unspecified atom stereocenters. The van der Waals surface area contributed by atoms with Gasteiger partial charge in [0.15, 0.2) is 6.61 Å². The van der Waals surface area contributed by atoms with Gasteiger partial charge in [0.1, 0.15) is 11.5 Å². The number of aryl methyl sites for hydroxylation is 1. The average molecular weight is 487 g/mol. The molecule has 0 aliphatic carbocycles. The van der Waals surface area contributed by atoms with Crippen molar-refractivity contribution in [1.29, 1.82) is 0 Å². The van der Waals surface area contributed by atoms with Crippen LogP contribution in [0.5, 0.6) is 11.5 Å². The van der Waals surface area contributed by atoms with E-state index in [1.807, 2.05) is 30.3 Å². The first-order valence-electron chi connectivity index (χ1n) is 10.9. The van der Waals surface area contributed by atoms with E-state index in [9.17, 15) is 18.0 Å². The third-order valence-electron chi connectivity index (χ3n) is 5.23. The van der Waals surface area contributed by atoms with Crippen molar-refractivity contribution >= 4 is 18.3 Å². The van der Waals surface area contributed by atoms with Crippen LogP contribution in [0.25, 0.3) is 0 Å². The second kappa shape index (κ2) is 13.3. The molecule has 1 heterocycles. The smallest absolute Gasteiger partial charge is 0.422 e. The van der Waals surface area contributed by atoms with E-state index in [1.54, 1.807) is 0 Å². The van der Waals surface area contributed by atoms with Crippen LogP contribution < -0.4 is 20.1 Å². The van der Waals surface area contributed by atoms with Crippen LogP contribution in [0.4, 0.5) is 13.2 Å². The van der Waals surface area contributed by atoms with Crippen molar-refractivity contribution in [2.45, 2.75) is 44.3 Å². The molecular weight excluding hydrogens is 457 g/mol. The van der Waals surface area contributed by atoms with Crippen molar-refractivity contribution in [2.75, 3.05) is 26.3 Å². The number of hydrogen-bond acceptors (Lipinski definition) is 4. The molecule has 0 aromatic heterocycles. The summed E-state index contributed by atoms with van der Waals surface area (Å²) in [6.45, 7) is 0.316. The lowest BCUT2D eigenvalue weighted by atomic mass is 10.0. The van der Waals surface area contributed by atoms with Gasteiger partial charge in [0.2, 0.25) is 0 Å². The van der Waals surface area contributed by atoms with E-state index in [2.05, 4.69) is 10.6 Å². The van der Waals surface area contributed by atoms with Crippen molar-refractivity contribution in [1.82, 2.24) is 10.6 Å². The Morgan fingerprint density at radius 3 is 2.58 bits per heavy atom. The minimum Gasteiger partial charge on any atom is -0.493 e. The number of rotatable bonds is 10. The molecule has 2 aromatic carbocycles. The van der Waals surface area contributed by atoms with Gasteiger partial charge in [-0.1, -0.05) is 36.8 Å². The van der Waals surface area contributed by atoms with Gasteiger partial charge in [0.25, 0.3) is 5.91 Å². The quantitative estimate of drug-likeness (QED) is 0.467. The summed E-state index contributed by atoms with van der Waals surface area (Å²) in [5.74, 6) is -0.0979. The van der Waals surface area contributed by atoms with Gasteiger partial charge in [-0.15, -0.1) is 12.4 Å². The molecule has 9 heteroatoms. The normalized spacial score (nSPS) is 15.9. The Hall–Kier alpha value is -2.45. The highest BCUT2D eigenvalue weighted by Gasteiger charge is 2.28. The van der Waals surface area contributed by atoms with Crippen LogP contribution in [-0.4, -0.2) is 44.4 Å². The van der Waals surface area contributed by atoms with E-state index in [-0.39, 0.29) is 29.8 Å². The van der Waals surface area contributed by atoms with Gasteiger partial charge < -0.3 is 20.1 Å². The van der Waals surface area contributed by atoms with Crippen molar-refractivity contribution < 1.29 is 27.4 Å². The van der Waals surface area contributed by atoms with E-state index in [4.69, 9.17) is 9.47 Å². The summed E-state index contributed by atoms with van der Waals surface area (Å²) >= 11 is 0. The molecule has 1 fully saturated rings. The molecule has 5 nitrogen and oxygen atoms in total. The van der Waals surface area contributed by atoms with Crippen LogP contribution in [0.3, 0.4) is 0 Å². The largest absolute Gasteiger partial charge is 0.493 e. The van der Waals surface area contributed by atoms with Crippen LogP contribution in [0.1, 0.15) is 41.6 Å². The van der Waals surface area contributed by atoms with Gasteiger partial charge >= 0.3 is 6.18 Å². The third kappa shape index (κ3) is 9.52. The molecule has 3 rings (SSSR count). The number of carbonyl (C=O) groups excluding carboxylic acids is 1. The van der Waals surface area contributed by atoms with E-state index in [0.717, 1.165) is 38.6 Å². The molecule has 0 spiro atoms. The molecule has 0 bridgehead atoms. The number of ether oxygens (including phenoxy) is 2. The Balaban J connectivity index is 0.00000385. The lowest BCUT2D eigenvalue weighted by Gasteiger charge is -2.24. The molecule has 0 saturated carbocycles. The fraction of sp³-hybridized carbons (Fsp3) is 0.458. The molecule has 0 radical (unpaired) electrons. The van der Waals surface area contributed by atoms with Crippen molar-refractivity contribution in [2.24, 2.45) is 0 Å². The Morgan fingerprint density at radius 2 is 1.88 bits per heavy atom. The molecular formula is C24H30ClF3N2O3. The van der Waals surface area contributed by atoms with Crippen LogP contribution in [0.15, 0.2) is 48.5 Å². The highest BCUT2D eigenvalue weighted by molar-refractivity contribution is 5.97. The number of alkyl halides is 3. The maximum Gasteiger partial charge on any atom is 0.422 e. The van der Waals surface area contributed by atoms with Crippen LogP contribution >= 0.6 is 12.4 Å². The second-order valence-electron chi connectivity index (χ2n) is 7.86. The summed E-state index contributed by atoms with van der Waals surface area (Å²) in [7, 11) is 0. The van der Waals surface area contributed by atoms with Crippen LogP contribution in [0, 0.1) is 0 Å². The van der Waals surface area contributed by atoms with Crippen molar-refractivity contribution in [3.8, 4) is 11.5 Å². The first kappa shape index (κ1) is 26.8. The zero-order chi connectivity index (χ0) is 22.8. The zero-order valence-electron chi connectivity index (χ0n) is 18.3. The number of nitrogens with one attached hydrogen (secondary N) is 2. The molecule has 1 amide bonds. The van der Waals surface area contributed by atoms with Crippen LogP contribution in [0.2, 0.25) is 0 Å². The number of benzene rings is 2. The summed E-state index contributed by atoms with van der Waals surface area (Å²) in [5, 5.41) is 6.22. The third-order valence-corrected chi connectivity index (χ3v) is 5.23. The van der Waals surface area contributed by atoms with Crippen molar-refractivity contribution in [3.63, 3.8) is 0 Å². The highest BCUT2D eigenvalue weighted by atomic mass is 35.5. The van der Waals surface area contributed by atoms with Gasteiger partial charge in [0, 0.05) is 12.6 Å². The molecule has 182 valence electrons. The highest BCUT2D eigenvalue weighted by Crippen LogP contribution is 2.26. The second-order valence-corrected chi connectivity index (χ2v) is 7.86. The molecule has 1 atom stereocenters. The fourth-order valence-corrected chi connectivity index (χ4v) is 3.58. The molecule has 1 saturated heterocycles. The van der Waals surface area contributed by atoms with Gasteiger partial charge in [-0.2, -0.15) is 13.2 Å². The Kier molecular flexibility index (Phi) is 10.8. The predicted molar refractivity (Wildman–Crippen MR) is 123 cm³/mol. The lowest BCUT2D eigenvalue weighted by molar-refractivity contribution is -0.153. The first-order valence-corrected chi connectivity index (χ1v) is 10.9. The Bertz CT molecular complexity index is 860. The van der Waals surface area contributed by atoms with Gasteiger partial charge in [-0.05, 0) is 56.0 Å². The van der Waals surface area contributed by atoms with Crippen LogP contribution in [-0.2, 0) is 6.42 Å². The average Bonchev–Trinajstić information content (AvgIpc) is 2.80. The first-order chi connectivity index (χ1) is 15.4. The summed E-state index contributed by atoms with van der Waals surface area (Å²) in [5.41, 5.74) is 1.35. The predicted octanol–water partition coefficient (Wildman–Crippen LogP) is 4.93. The van der Waals surface area contributed by atoms with Gasteiger partial charge in [-0.3, -0.25) is 4.79 Å². The number of piperidine rings is 1. The van der Waals surface area contributed by atoms with E-state index >= 15 is 0 Å². The Labute approximate surface area is 198 Å². The molecule has 33 heavy (non-hydrogen) atoms. The van der Waals surface area contributed by atoms with E-state index in [1.165, 1.54) is 23.8 Å². The molecule has 1 aliphatic heterocycles. The standard InChI is InChI=1S/C24H29F3N2O3.ClH/c25-24(26,27)17-32-20-11-12-22(31-14-6-9-18-7-2-1-3-8-18)21(15-20)23(30)29-16-19-10-4-5-13-28-19;/h1-3,7-8,11-12,15,19,28H,4-6,9-10,13-14,16-17H2,(H,29,30);1H. The SMILES string of the molecule is Cl.O=C(NCC1CCCCN1)c1cc(OCC(F)(F)F)ccc1OCCCc1ccccc1. The Morgan fingerprint density at radius 1 is 1.09 bits per heavy atom. The monoisotopic (exact) mass is 486 g/mol. The lowest BCUT2D eigenvalue weighted by Crippen LogP contribution is -2.43. The molecule has 2 N–H and O–H groups in total. The minimum absolute atomic E-state index is 0. The fourth-order valence-electron chi connectivity index (χ4n) is 3.58. The van der Waals surface area contributed by atoms with Gasteiger partial charge in [0.05, 0.1) is 12.2 Å². The summed E-state index contributed by atoms with van der Waals surface area (Å²) in [6.07, 6.45) is 0.291. The van der Waals surface area contributed by atoms with E-state index in [0.29, 0.717) is 18.9 Å². The van der Waals surface area contributed by atoms with E-state index < -0.39 is 18.7 Å².